The molecule has 0 aromatic rings. The van der Waals surface area contributed by atoms with Crippen molar-refractivity contribution in [3.05, 3.63) is 0 Å². The minimum absolute atomic E-state index is 0.880. The second-order valence-corrected chi connectivity index (χ2v) is 8.29. The van der Waals surface area contributed by atoms with Crippen molar-refractivity contribution in [1.82, 2.24) is 4.90 Å². The van der Waals surface area contributed by atoms with Crippen molar-refractivity contribution < 1.29 is 4.55 Å². The SMILES string of the molecule is CN(C)CCS(C)(O)P. The lowest BCUT2D eigenvalue weighted by Crippen LogP contribution is -2.17. The van der Waals surface area contributed by atoms with Gasteiger partial charge in [-0.1, -0.05) is 8.44 Å². The molecule has 2 unspecified atom stereocenters. The Bertz CT molecular complexity index is 81.5. The molecule has 2 nitrogen and oxygen atoms in total. The molecule has 0 heterocycles. The Balaban J connectivity index is 3.28. The van der Waals surface area contributed by atoms with E-state index in [2.05, 4.69) is 13.3 Å². The molecule has 0 radical (unpaired) electrons. The molecule has 0 amide bonds. The summed E-state index contributed by atoms with van der Waals surface area (Å²) in [7, 11) is 5.17. The van der Waals surface area contributed by atoms with Crippen molar-refractivity contribution in [2.75, 3.05) is 32.6 Å². The van der Waals surface area contributed by atoms with Crippen molar-refractivity contribution in [2.45, 2.75) is 0 Å². The molecule has 4 heteroatoms. The minimum Gasteiger partial charge on any atom is -0.348 e. The van der Waals surface area contributed by atoms with E-state index >= 15 is 0 Å². The van der Waals surface area contributed by atoms with E-state index in [0.29, 0.717) is 0 Å². The number of nitrogens with zero attached hydrogens (tertiary/aromatic N) is 1. The Morgan fingerprint density at radius 2 is 2.00 bits per heavy atom. The molecular weight excluding hydrogens is 153 g/mol. The second-order valence-electron chi connectivity index (χ2n) is 2.62. The summed E-state index contributed by atoms with van der Waals surface area (Å²) in [6, 6.07) is 0. The molecule has 1 N–H and O–H groups in total. The summed E-state index contributed by atoms with van der Waals surface area (Å²) in [6.45, 7) is 0.964. The van der Waals surface area contributed by atoms with Gasteiger partial charge in [0.2, 0.25) is 0 Å². The van der Waals surface area contributed by atoms with Crippen molar-refractivity contribution in [3.8, 4) is 0 Å². The van der Waals surface area contributed by atoms with Crippen LogP contribution in [0.25, 0.3) is 0 Å². The highest BCUT2D eigenvalue weighted by molar-refractivity contribution is 8.64. The normalized spacial score (nSPS) is 21.6. The first-order valence-electron chi connectivity index (χ1n) is 2.83. The van der Waals surface area contributed by atoms with Gasteiger partial charge < -0.3 is 9.45 Å². The zero-order chi connectivity index (χ0) is 7.49. The molecule has 2 atom stereocenters. The van der Waals surface area contributed by atoms with E-state index in [1.54, 1.807) is 0 Å². The molecule has 0 fully saturated rings. The van der Waals surface area contributed by atoms with Gasteiger partial charge in [-0.05, 0) is 20.4 Å². The van der Waals surface area contributed by atoms with Crippen molar-refractivity contribution >= 4 is 18.4 Å². The summed E-state index contributed by atoms with van der Waals surface area (Å²) in [4.78, 5) is 2.07. The summed E-state index contributed by atoms with van der Waals surface area (Å²) in [5.74, 6) is 0.880. The molecule has 0 bridgehead atoms. The predicted molar refractivity (Wildman–Crippen MR) is 49.3 cm³/mol. The Morgan fingerprint density at radius 1 is 1.56 bits per heavy atom. The summed E-state index contributed by atoms with van der Waals surface area (Å²) in [5, 5.41) is 0. The van der Waals surface area contributed by atoms with Crippen LogP contribution in [0.5, 0.6) is 0 Å². The van der Waals surface area contributed by atoms with Gasteiger partial charge in [-0.2, -0.15) is 0 Å². The van der Waals surface area contributed by atoms with Gasteiger partial charge in [0.1, 0.15) is 0 Å². The lowest BCUT2D eigenvalue weighted by Gasteiger charge is -2.24. The number of hydrogen-bond acceptors (Lipinski definition) is 2. The average molecular weight is 169 g/mol. The van der Waals surface area contributed by atoms with Gasteiger partial charge in [0, 0.05) is 12.3 Å². The average Bonchev–Trinajstić information content (AvgIpc) is 1.59. The second kappa shape index (κ2) is 3.77. The molecule has 0 aliphatic heterocycles. The first kappa shape index (κ1) is 9.70. The lowest BCUT2D eigenvalue weighted by atomic mass is 10.7. The summed E-state index contributed by atoms with van der Waals surface area (Å²) in [6.07, 6.45) is 1.88. The minimum atomic E-state index is -1.34. The standard InChI is InChI=1S/C5H16NOPS/c1-6(2)4-5-9(3,7)8/h7H,4-5,8H2,1-3H3. The fourth-order valence-electron chi connectivity index (χ4n) is 0.367. The van der Waals surface area contributed by atoms with Crippen molar-refractivity contribution in [2.24, 2.45) is 0 Å². The largest absolute Gasteiger partial charge is 0.348 e. The third-order valence-corrected chi connectivity index (χ3v) is 2.67. The number of hydrogen-bond donors (Lipinski definition) is 1. The van der Waals surface area contributed by atoms with Crippen molar-refractivity contribution in [1.29, 1.82) is 0 Å². The Hall–Kier alpha value is 0.700. The molecule has 0 aromatic heterocycles. The van der Waals surface area contributed by atoms with Crippen LogP contribution >= 0.6 is 18.4 Å². The third-order valence-electron chi connectivity index (χ3n) is 0.952. The van der Waals surface area contributed by atoms with Crippen LogP contribution in [0.4, 0.5) is 0 Å². The molecule has 0 saturated heterocycles. The highest BCUT2D eigenvalue weighted by Gasteiger charge is 2.05. The van der Waals surface area contributed by atoms with E-state index in [1.165, 1.54) is 0 Å². The van der Waals surface area contributed by atoms with Crippen LogP contribution in [0.1, 0.15) is 0 Å². The van der Waals surface area contributed by atoms with E-state index < -0.39 is 9.93 Å². The molecule has 0 spiro atoms. The van der Waals surface area contributed by atoms with Gasteiger partial charge in [0.15, 0.2) is 0 Å². The molecule has 0 aliphatic rings. The smallest absolute Gasteiger partial charge is 0.0144 e. The van der Waals surface area contributed by atoms with Crippen LogP contribution in [-0.4, -0.2) is 42.1 Å². The highest BCUT2D eigenvalue weighted by atomic mass is 32.8. The zero-order valence-electron chi connectivity index (χ0n) is 6.29. The quantitative estimate of drug-likeness (QED) is 0.643. The maximum Gasteiger partial charge on any atom is 0.0144 e. The van der Waals surface area contributed by atoms with Gasteiger partial charge in [-0.3, -0.25) is 0 Å². The van der Waals surface area contributed by atoms with Crippen molar-refractivity contribution in [3.63, 3.8) is 0 Å². The monoisotopic (exact) mass is 169 g/mol. The van der Waals surface area contributed by atoms with E-state index in [4.69, 9.17) is 0 Å². The van der Waals surface area contributed by atoms with Crippen LogP contribution in [0.3, 0.4) is 0 Å². The van der Waals surface area contributed by atoms with Crippen LogP contribution in [0, 0.1) is 0 Å². The Morgan fingerprint density at radius 3 is 2.11 bits per heavy atom. The summed E-state index contributed by atoms with van der Waals surface area (Å²) in [5.41, 5.74) is 0. The maximum atomic E-state index is 9.29. The van der Waals surface area contributed by atoms with Crippen LogP contribution in [-0.2, 0) is 0 Å². The Kier molecular flexibility index (Phi) is 4.06. The first-order chi connectivity index (χ1) is 3.92. The molecule has 9 heavy (non-hydrogen) atoms. The molecule has 0 aromatic carbocycles. The van der Waals surface area contributed by atoms with Gasteiger partial charge in [0.05, 0.1) is 0 Å². The van der Waals surface area contributed by atoms with Gasteiger partial charge >= 0.3 is 0 Å². The molecule has 0 aliphatic carbocycles. The maximum absolute atomic E-state index is 9.29. The fraction of sp³-hybridized carbons (Fsp3) is 1.00. The van der Waals surface area contributed by atoms with Gasteiger partial charge in [-0.15, -0.1) is 9.93 Å². The molecule has 58 valence electrons. The van der Waals surface area contributed by atoms with E-state index in [9.17, 15) is 4.55 Å². The number of rotatable bonds is 3. The van der Waals surface area contributed by atoms with Gasteiger partial charge in [0.25, 0.3) is 0 Å². The lowest BCUT2D eigenvalue weighted by molar-refractivity contribution is 0.434. The first-order valence-corrected chi connectivity index (χ1v) is 6.47. The zero-order valence-corrected chi connectivity index (χ0v) is 8.27. The summed E-state index contributed by atoms with van der Waals surface area (Å²) >= 11 is 0. The van der Waals surface area contributed by atoms with E-state index in [-0.39, 0.29) is 0 Å². The highest BCUT2D eigenvalue weighted by Crippen LogP contribution is 2.47. The predicted octanol–water partition coefficient (Wildman–Crippen LogP) is 1.25. The van der Waals surface area contributed by atoms with E-state index in [0.717, 1.165) is 12.3 Å². The van der Waals surface area contributed by atoms with E-state index in [1.807, 2.05) is 20.4 Å². The van der Waals surface area contributed by atoms with Crippen LogP contribution in [0.2, 0.25) is 0 Å². The molecule has 0 rings (SSSR count). The van der Waals surface area contributed by atoms with Crippen LogP contribution in [0.15, 0.2) is 0 Å². The van der Waals surface area contributed by atoms with Crippen LogP contribution < -0.4 is 0 Å². The Labute approximate surface area is 61.1 Å². The molecular formula is C5H16NOPS. The molecule has 0 saturated carbocycles. The van der Waals surface area contributed by atoms with Gasteiger partial charge in [-0.25, -0.2) is 0 Å². The fourth-order valence-corrected chi connectivity index (χ4v) is 1.42. The summed E-state index contributed by atoms with van der Waals surface area (Å²) < 4.78 is 9.29. The third kappa shape index (κ3) is 8.70. The topological polar surface area (TPSA) is 23.5 Å².